The average molecular weight is 431 g/mol. The van der Waals surface area contributed by atoms with Crippen LogP contribution in [0.5, 0.6) is 5.75 Å². The first-order valence-electron chi connectivity index (χ1n) is 7.85. The first-order valence-corrected chi connectivity index (χ1v) is 9.67. The molecule has 12 heteroatoms. The molecule has 0 aliphatic rings. The Hall–Kier alpha value is -2.63. The van der Waals surface area contributed by atoms with E-state index in [-0.39, 0.29) is 5.69 Å². The van der Waals surface area contributed by atoms with E-state index in [4.69, 9.17) is 16.3 Å². The second-order valence-corrected chi connectivity index (χ2v) is 8.35. The van der Waals surface area contributed by atoms with Gasteiger partial charge in [0.25, 0.3) is 5.56 Å². The van der Waals surface area contributed by atoms with Gasteiger partial charge in [-0.05, 0) is 18.2 Å². The van der Waals surface area contributed by atoms with Crippen LogP contribution in [-0.2, 0) is 28.9 Å². The van der Waals surface area contributed by atoms with Gasteiger partial charge in [0.2, 0.25) is 15.9 Å². The monoisotopic (exact) mass is 430 g/mol. The molecule has 1 heterocycles. The Morgan fingerprint density at radius 2 is 1.93 bits per heavy atom. The highest BCUT2D eigenvalue weighted by Gasteiger charge is 2.28. The Balaban J connectivity index is 2.28. The number of nitrogens with one attached hydrogen (secondary N) is 1. The second kappa shape index (κ2) is 8.17. The maximum Gasteiger partial charge on any atom is 0.330 e. The van der Waals surface area contributed by atoms with Crippen molar-refractivity contribution in [3.05, 3.63) is 50.3 Å². The third kappa shape index (κ3) is 4.26. The zero-order chi connectivity index (χ0) is 21.2. The van der Waals surface area contributed by atoms with Crippen LogP contribution in [0.1, 0.15) is 0 Å². The Bertz CT molecular complexity index is 1140. The number of anilines is 1. The number of aryl methyl sites for hydroxylation is 1. The summed E-state index contributed by atoms with van der Waals surface area (Å²) in [5, 5.41) is 2.86. The summed E-state index contributed by atoms with van der Waals surface area (Å²) < 4.78 is 32.9. The minimum atomic E-state index is -4.32. The van der Waals surface area contributed by atoms with Gasteiger partial charge in [0, 0.05) is 32.4 Å². The molecule has 0 atom stereocenters. The minimum absolute atomic E-state index is 0.267. The zero-order valence-electron chi connectivity index (χ0n) is 15.6. The van der Waals surface area contributed by atoms with Crippen LogP contribution in [-0.4, -0.2) is 48.5 Å². The van der Waals surface area contributed by atoms with Crippen molar-refractivity contribution in [1.82, 2.24) is 13.4 Å². The van der Waals surface area contributed by atoms with E-state index in [1.165, 1.54) is 27.3 Å². The van der Waals surface area contributed by atoms with Gasteiger partial charge in [0.15, 0.2) is 4.90 Å². The first kappa shape index (κ1) is 21.7. The van der Waals surface area contributed by atoms with Gasteiger partial charge in [-0.15, -0.1) is 0 Å². The van der Waals surface area contributed by atoms with Gasteiger partial charge in [-0.3, -0.25) is 14.2 Å². The van der Waals surface area contributed by atoms with Crippen LogP contribution in [0.25, 0.3) is 0 Å². The average Bonchev–Trinajstić information content (AvgIpc) is 2.62. The minimum Gasteiger partial charge on any atom is -0.495 e. The molecule has 152 valence electrons. The van der Waals surface area contributed by atoms with Crippen molar-refractivity contribution in [2.75, 3.05) is 26.0 Å². The van der Waals surface area contributed by atoms with Crippen molar-refractivity contribution in [3.8, 4) is 5.75 Å². The predicted octanol–water partition coefficient (Wildman–Crippen LogP) is 0.00520. The van der Waals surface area contributed by atoms with E-state index in [2.05, 4.69) is 5.32 Å². The molecular formula is C16H19ClN4O6S. The van der Waals surface area contributed by atoms with Gasteiger partial charge in [-0.1, -0.05) is 11.6 Å². The van der Waals surface area contributed by atoms with Gasteiger partial charge in [-0.25, -0.2) is 13.2 Å². The fourth-order valence-corrected chi connectivity index (χ4v) is 3.82. The molecule has 0 spiro atoms. The summed E-state index contributed by atoms with van der Waals surface area (Å²) in [7, 11) is 0.722. The van der Waals surface area contributed by atoms with Gasteiger partial charge in [0.1, 0.15) is 5.75 Å². The van der Waals surface area contributed by atoms with Crippen LogP contribution in [0.4, 0.5) is 5.69 Å². The number of ether oxygens (including phenoxy) is 1. The predicted molar refractivity (Wildman–Crippen MR) is 103 cm³/mol. The molecule has 0 bridgehead atoms. The summed E-state index contributed by atoms with van der Waals surface area (Å²) in [5.41, 5.74) is -1.38. The SMILES string of the molecule is COc1ccc(Cl)cc1NC(=O)CN(C)S(=O)(=O)c1cn(C)c(=O)n(C)c1=O. The Morgan fingerprint density at radius 1 is 1.29 bits per heavy atom. The highest BCUT2D eigenvalue weighted by atomic mass is 35.5. The van der Waals surface area contributed by atoms with Crippen LogP contribution in [0.3, 0.4) is 0 Å². The fourth-order valence-electron chi connectivity index (χ4n) is 2.37. The van der Waals surface area contributed by atoms with Crippen LogP contribution in [0.2, 0.25) is 5.02 Å². The smallest absolute Gasteiger partial charge is 0.330 e. The van der Waals surface area contributed by atoms with E-state index in [0.29, 0.717) is 19.6 Å². The molecule has 0 unspecified atom stereocenters. The summed E-state index contributed by atoms with van der Waals surface area (Å²) in [6.07, 6.45) is 0.925. The van der Waals surface area contributed by atoms with E-state index in [0.717, 1.165) is 17.8 Å². The number of nitrogens with zero attached hydrogens (tertiary/aromatic N) is 3. The highest BCUT2D eigenvalue weighted by Crippen LogP contribution is 2.27. The molecule has 10 nitrogen and oxygen atoms in total. The number of rotatable bonds is 6. The van der Waals surface area contributed by atoms with E-state index < -0.39 is 38.6 Å². The standard InChI is InChI=1S/C16H19ClN4O6S/c1-19-8-13(15(23)21(3)16(19)24)28(25,26)20(2)9-14(22)18-11-7-10(17)5-6-12(11)27-4/h5-8H,9H2,1-4H3,(H,18,22). The Kier molecular flexibility index (Phi) is 6.32. The normalized spacial score (nSPS) is 11.5. The number of amides is 1. The molecule has 0 saturated carbocycles. The maximum atomic E-state index is 12.7. The lowest BCUT2D eigenvalue weighted by Gasteiger charge is -2.18. The first-order chi connectivity index (χ1) is 13.0. The summed E-state index contributed by atoms with van der Waals surface area (Å²) in [6, 6.07) is 4.57. The number of benzene rings is 1. The lowest BCUT2D eigenvalue weighted by atomic mass is 10.3. The molecule has 0 fully saturated rings. The second-order valence-electron chi connectivity index (χ2n) is 5.90. The topological polar surface area (TPSA) is 120 Å². The summed E-state index contributed by atoms with van der Waals surface area (Å²) in [5.74, 6) is -0.330. The van der Waals surface area contributed by atoms with Crippen LogP contribution < -0.4 is 21.3 Å². The van der Waals surface area contributed by atoms with Gasteiger partial charge in [0.05, 0.1) is 19.3 Å². The molecule has 1 amide bonds. The van der Waals surface area contributed by atoms with E-state index >= 15 is 0 Å². The number of aromatic nitrogens is 2. The summed E-state index contributed by atoms with van der Waals surface area (Å²) in [6.45, 7) is -0.579. The van der Waals surface area contributed by atoms with E-state index in [9.17, 15) is 22.8 Å². The summed E-state index contributed by atoms with van der Waals surface area (Å²) in [4.78, 5) is 35.6. The number of sulfonamides is 1. The molecular weight excluding hydrogens is 412 g/mol. The zero-order valence-corrected chi connectivity index (χ0v) is 17.2. The lowest BCUT2D eigenvalue weighted by Crippen LogP contribution is -2.43. The number of carbonyl (C=O) groups is 1. The molecule has 2 aromatic rings. The number of likely N-dealkylation sites (N-methyl/N-ethyl adjacent to an activating group) is 1. The lowest BCUT2D eigenvalue weighted by molar-refractivity contribution is -0.116. The van der Waals surface area contributed by atoms with Gasteiger partial charge in [-0.2, -0.15) is 4.31 Å². The fraction of sp³-hybridized carbons (Fsp3) is 0.312. The molecule has 1 aromatic carbocycles. The number of methoxy groups -OCH3 is 1. The molecule has 1 N–H and O–H groups in total. The number of carbonyl (C=O) groups excluding carboxylic acids is 1. The number of halogens is 1. The van der Waals surface area contributed by atoms with Crippen LogP contribution in [0.15, 0.2) is 38.9 Å². The summed E-state index contributed by atoms with van der Waals surface area (Å²) >= 11 is 5.90. The van der Waals surface area contributed by atoms with Gasteiger partial charge >= 0.3 is 5.69 Å². The van der Waals surface area contributed by atoms with Crippen molar-refractivity contribution < 1.29 is 17.9 Å². The van der Waals surface area contributed by atoms with E-state index in [1.807, 2.05) is 0 Å². The van der Waals surface area contributed by atoms with Gasteiger partial charge < -0.3 is 14.6 Å². The van der Waals surface area contributed by atoms with Crippen molar-refractivity contribution in [2.24, 2.45) is 14.1 Å². The molecule has 28 heavy (non-hydrogen) atoms. The van der Waals surface area contributed by atoms with Crippen LogP contribution in [0, 0.1) is 0 Å². The third-order valence-electron chi connectivity index (χ3n) is 3.91. The largest absolute Gasteiger partial charge is 0.495 e. The molecule has 1 aromatic heterocycles. The molecule has 0 aliphatic carbocycles. The Morgan fingerprint density at radius 3 is 2.54 bits per heavy atom. The molecule has 0 radical (unpaired) electrons. The molecule has 2 rings (SSSR count). The number of hydrogen-bond acceptors (Lipinski definition) is 6. The quantitative estimate of drug-likeness (QED) is 0.689. The van der Waals surface area contributed by atoms with Crippen LogP contribution >= 0.6 is 11.6 Å². The Labute approximate surface area is 166 Å². The van der Waals surface area contributed by atoms with Crippen molar-refractivity contribution in [2.45, 2.75) is 4.90 Å². The van der Waals surface area contributed by atoms with Crippen molar-refractivity contribution >= 4 is 33.2 Å². The van der Waals surface area contributed by atoms with Crippen molar-refractivity contribution in [3.63, 3.8) is 0 Å². The molecule has 0 aliphatic heterocycles. The maximum absolute atomic E-state index is 12.7. The molecule has 0 saturated heterocycles. The highest BCUT2D eigenvalue weighted by molar-refractivity contribution is 7.89. The number of hydrogen-bond donors (Lipinski definition) is 1. The van der Waals surface area contributed by atoms with Crippen molar-refractivity contribution in [1.29, 1.82) is 0 Å². The third-order valence-corrected chi connectivity index (χ3v) is 5.93. The van der Waals surface area contributed by atoms with E-state index in [1.54, 1.807) is 12.1 Å².